The van der Waals surface area contributed by atoms with Crippen LogP contribution in [0.4, 0.5) is 5.69 Å². The van der Waals surface area contributed by atoms with E-state index in [-0.39, 0.29) is 5.78 Å². The Balaban J connectivity index is 2.22. The molecule has 0 saturated heterocycles. The number of hydrogen-bond acceptors (Lipinski definition) is 3. The lowest BCUT2D eigenvalue weighted by Gasteiger charge is -2.13. The molecule has 2 aromatic rings. The second-order valence-electron chi connectivity index (χ2n) is 4.86. The molecule has 0 aromatic heterocycles. The summed E-state index contributed by atoms with van der Waals surface area (Å²) in [4.78, 5) is 14.4. The largest absolute Gasteiger partial charge is 0.496 e. The molecule has 0 bridgehead atoms. The van der Waals surface area contributed by atoms with Crippen molar-refractivity contribution in [1.29, 1.82) is 0 Å². The molecule has 0 fully saturated rings. The smallest absolute Gasteiger partial charge is 0.167 e. The highest BCUT2D eigenvalue weighted by Crippen LogP contribution is 2.21. The summed E-state index contributed by atoms with van der Waals surface area (Å²) in [6.45, 7) is 0. The molecule has 0 radical (unpaired) electrons. The second-order valence-corrected chi connectivity index (χ2v) is 4.86. The van der Waals surface area contributed by atoms with Crippen LogP contribution in [0.5, 0.6) is 5.75 Å². The van der Waals surface area contributed by atoms with Gasteiger partial charge in [-0.1, -0.05) is 30.3 Å². The fourth-order valence-corrected chi connectivity index (χ4v) is 2.08. The third kappa shape index (κ3) is 3.18. The molecule has 0 amide bonds. The molecule has 2 aromatic carbocycles. The van der Waals surface area contributed by atoms with E-state index < -0.39 is 0 Å². The molecular weight excluding hydrogens is 250 g/mol. The summed E-state index contributed by atoms with van der Waals surface area (Å²) in [7, 11) is 5.55. The zero-order valence-corrected chi connectivity index (χ0v) is 12.1. The summed E-state index contributed by atoms with van der Waals surface area (Å²) in [5, 5.41) is 0. The molecule has 0 spiro atoms. The quantitative estimate of drug-likeness (QED) is 0.781. The number of carbonyl (C=O) groups is 1. The first-order valence-corrected chi connectivity index (χ1v) is 6.54. The van der Waals surface area contributed by atoms with Crippen LogP contribution in [0.15, 0.2) is 48.5 Å². The predicted molar refractivity (Wildman–Crippen MR) is 81.8 cm³/mol. The lowest BCUT2D eigenvalue weighted by Crippen LogP contribution is -2.10. The van der Waals surface area contributed by atoms with Gasteiger partial charge in [0.2, 0.25) is 0 Å². The first-order valence-electron chi connectivity index (χ1n) is 6.54. The zero-order valence-electron chi connectivity index (χ0n) is 12.1. The molecule has 0 aliphatic carbocycles. The first kappa shape index (κ1) is 14.1. The number of ketones is 1. The van der Waals surface area contributed by atoms with Gasteiger partial charge >= 0.3 is 0 Å². The van der Waals surface area contributed by atoms with Crippen LogP contribution in [0.3, 0.4) is 0 Å². The summed E-state index contributed by atoms with van der Waals surface area (Å²) in [6, 6.07) is 15.3. The maximum absolute atomic E-state index is 12.4. The van der Waals surface area contributed by atoms with Gasteiger partial charge in [-0.05, 0) is 18.2 Å². The van der Waals surface area contributed by atoms with Gasteiger partial charge in [0, 0.05) is 37.3 Å². The molecular formula is C17H19NO2. The molecule has 20 heavy (non-hydrogen) atoms. The topological polar surface area (TPSA) is 29.5 Å². The molecule has 0 aliphatic heterocycles. The molecule has 0 atom stereocenters. The number of carbonyl (C=O) groups excluding carboxylic acids is 1. The SMILES string of the molecule is COc1ccccc1CC(=O)c1cccc(N(C)C)c1. The Hall–Kier alpha value is -2.29. The normalized spacial score (nSPS) is 10.2. The van der Waals surface area contributed by atoms with Crippen molar-refractivity contribution >= 4 is 11.5 Å². The highest BCUT2D eigenvalue weighted by Gasteiger charge is 2.11. The van der Waals surface area contributed by atoms with Gasteiger partial charge in [0.25, 0.3) is 0 Å². The lowest BCUT2D eigenvalue weighted by atomic mass is 10.0. The van der Waals surface area contributed by atoms with Gasteiger partial charge in [0.15, 0.2) is 5.78 Å². The fraction of sp³-hybridized carbons (Fsp3) is 0.235. The van der Waals surface area contributed by atoms with Gasteiger partial charge in [-0.3, -0.25) is 4.79 Å². The van der Waals surface area contributed by atoms with E-state index in [1.807, 2.05) is 67.5 Å². The van der Waals surface area contributed by atoms with Gasteiger partial charge < -0.3 is 9.64 Å². The molecule has 3 nitrogen and oxygen atoms in total. The molecule has 0 saturated carbocycles. The van der Waals surface area contributed by atoms with E-state index in [1.54, 1.807) is 7.11 Å². The number of anilines is 1. The molecule has 0 aliphatic rings. The van der Waals surface area contributed by atoms with Crippen molar-refractivity contribution in [2.45, 2.75) is 6.42 Å². The highest BCUT2D eigenvalue weighted by molar-refractivity contribution is 5.98. The average molecular weight is 269 g/mol. The summed E-state index contributed by atoms with van der Waals surface area (Å²) in [5.41, 5.74) is 2.66. The van der Waals surface area contributed by atoms with Gasteiger partial charge in [0.05, 0.1) is 7.11 Å². The van der Waals surface area contributed by atoms with E-state index in [2.05, 4.69) is 0 Å². The number of ether oxygens (including phenoxy) is 1. The minimum absolute atomic E-state index is 0.0956. The number of hydrogen-bond donors (Lipinski definition) is 0. The van der Waals surface area contributed by atoms with Crippen LogP contribution in [-0.2, 0) is 6.42 Å². The Bertz CT molecular complexity index is 605. The third-order valence-corrected chi connectivity index (χ3v) is 3.23. The monoisotopic (exact) mass is 269 g/mol. The van der Waals surface area contributed by atoms with Gasteiger partial charge in [-0.15, -0.1) is 0 Å². The van der Waals surface area contributed by atoms with Crippen LogP contribution in [0.1, 0.15) is 15.9 Å². The van der Waals surface area contributed by atoms with Crippen molar-refractivity contribution in [3.05, 3.63) is 59.7 Å². The van der Waals surface area contributed by atoms with Crippen molar-refractivity contribution in [1.82, 2.24) is 0 Å². The minimum Gasteiger partial charge on any atom is -0.496 e. The van der Waals surface area contributed by atoms with Crippen LogP contribution in [0.25, 0.3) is 0 Å². The summed E-state index contributed by atoms with van der Waals surface area (Å²) in [6.07, 6.45) is 0.348. The number of rotatable bonds is 5. The van der Waals surface area contributed by atoms with Crippen molar-refractivity contribution in [3.8, 4) is 5.75 Å². The van der Waals surface area contributed by atoms with E-state index >= 15 is 0 Å². The molecule has 2 rings (SSSR count). The Kier molecular flexibility index (Phi) is 4.41. The van der Waals surface area contributed by atoms with Crippen LogP contribution in [0, 0.1) is 0 Å². The van der Waals surface area contributed by atoms with Crippen molar-refractivity contribution in [2.75, 3.05) is 26.1 Å². The molecule has 0 heterocycles. The van der Waals surface area contributed by atoms with Crippen molar-refractivity contribution in [2.24, 2.45) is 0 Å². The van der Waals surface area contributed by atoms with Crippen LogP contribution >= 0.6 is 0 Å². The minimum atomic E-state index is 0.0956. The van der Waals surface area contributed by atoms with Gasteiger partial charge in [0.1, 0.15) is 5.75 Å². The predicted octanol–water partition coefficient (Wildman–Crippen LogP) is 3.19. The molecule has 3 heteroatoms. The molecule has 104 valence electrons. The number of para-hydroxylation sites is 1. The van der Waals surface area contributed by atoms with E-state index in [9.17, 15) is 4.79 Å². The summed E-state index contributed by atoms with van der Waals surface area (Å²) >= 11 is 0. The number of nitrogens with zero attached hydrogens (tertiary/aromatic N) is 1. The average Bonchev–Trinajstić information content (AvgIpc) is 2.48. The Morgan fingerprint density at radius 1 is 1.10 bits per heavy atom. The van der Waals surface area contributed by atoms with Gasteiger partial charge in [-0.25, -0.2) is 0 Å². The Morgan fingerprint density at radius 2 is 1.85 bits per heavy atom. The highest BCUT2D eigenvalue weighted by atomic mass is 16.5. The molecule has 0 N–H and O–H groups in total. The Morgan fingerprint density at radius 3 is 2.55 bits per heavy atom. The first-order chi connectivity index (χ1) is 9.61. The number of Topliss-reactive ketones (excluding diaryl/α,β-unsaturated/α-hetero) is 1. The number of benzene rings is 2. The maximum Gasteiger partial charge on any atom is 0.167 e. The number of methoxy groups -OCH3 is 1. The van der Waals surface area contributed by atoms with E-state index in [4.69, 9.17) is 4.74 Å². The van der Waals surface area contributed by atoms with Crippen molar-refractivity contribution in [3.63, 3.8) is 0 Å². The standard InChI is InChI=1S/C17H19NO2/c1-18(2)15-9-6-8-13(11-15)16(19)12-14-7-4-5-10-17(14)20-3/h4-11H,12H2,1-3H3. The summed E-state index contributed by atoms with van der Waals surface area (Å²) < 4.78 is 5.28. The zero-order chi connectivity index (χ0) is 14.5. The second kappa shape index (κ2) is 6.24. The van der Waals surface area contributed by atoms with Crippen molar-refractivity contribution < 1.29 is 9.53 Å². The van der Waals surface area contributed by atoms with E-state index in [0.29, 0.717) is 6.42 Å². The third-order valence-electron chi connectivity index (χ3n) is 3.23. The fourth-order valence-electron chi connectivity index (χ4n) is 2.08. The maximum atomic E-state index is 12.4. The van der Waals surface area contributed by atoms with Gasteiger partial charge in [-0.2, -0.15) is 0 Å². The van der Waals surface area contributed by atoms with Crippen LogP contribution < -0.4 is 9.64 Å². The summed E-state index contributed by atoms with van der Waals surface area (Å²) in [5.74, 6) is 0.850. The lowest BCUT2D eigenvalue weighted by molar-refractivity contribution is 0.0992. The van der Waals surface area contributed by atoms with Crippen LogP contribution in [-0.4, -0.2) is 27.0 Å². The van der Waals surface area contributed by atoms with Crippen LogP contribution in [0.2, 0.25) is 0 Å². The molecule has 0 unspecified atom stereocenters. The van der Waals surface area contributed by atoms with E-state index in [0.717, 1.165) is 22.6 Å². The Labute approximate surface area is 119 Å². The van der Waals surface area contributed by atoms with E-state index in [1.165, 1.54) is 0 Å².